The van der Waals surface area contributed by atoms with Crippen LogP contribution in [0.15, 0.2) is 22.0 Å². The lowest BCUT2D eigenvalue weighted by atomic mass is 10.1. The molecule has 1 heterocycles. The first-order chi connectivity index (χ1) is 11.4. The smallest absolute Gasteiger partial charge is 0.308 e. The predicted octanol–water partition coefficient (Wildman–Crippen LogP) is 3.20. The zero-order valence-corrected chi connectivity index (χ0v) is 15.3. The Bertz CT molecular complexity index is 746. The van der Waals surface area contributed by atoms with Gasteiger partial charge in [-0.3, -0.25) is 19.5 Å². The molecule has 1 aromatic rings. The van der Waals surface area contributed by atoms with E-state index in [2.05, 4.69) is 4.99 Å². The van der Waals surface area contributed by atoms with E-state index in [4.69, 9.17) is 21.1 Å². The summed E-state index contributed by atoms with van der Waals surface area (Å²) < 4.78 is 10.6. The Hall–Kier alpha value is -1.99. The first-order valence-electron chi connectivity index (χ1n) is 7.16. The Labute approximate surface area is 149 Å². The summed E-state index contributed by atoms with van der Waals surface area (Å²) in [5.74, 6) is -0.110. The number of carbonyl (C=O) groups is 2. The maximum Gasteiger partial charge on any atom is 0.308 e. The third kappa shape index (κ3) is 3.91. The van der Waals surface area contributed by atoms with Crippen LogP contribution in [0.5, 0.6) is 11.5 Å². The van der Waals surface area contributed by atoms with Gasteiger partial charge in [0.25, 0.3) is 5.91 Å². The third-order valence-corrected chi connectivity index (χ3v) is 4.50. The van der Waals surface area contributed by atoms with Gasteiger partial charge in [0.15, 0.2) is 16.7 Å². The molecular formula is C16H17ClN2O4S. The molecule has 0 radical (unpaired) electrons. The molecule has 6 nitrogen and oxygen atoms in total. The van der Waals surface area contributed by atoms with Crippen LogP contribution >= 0.6 is 23.4 Å². The predicted molar refractivity (Wildman–Crippen MR) is 95.6 cm³/mol. The van der Waals surface area contributed by atoms with Crippen LogP contribution in [0.4, 0.5) is 0 Å². The van der Waals surface area contributed by atoms with E-state index in [1.54, 1.807) is 32.3 Å². The minimum atomic E-state index is -0.490. The number of hydrogen-bond donors (Lipinski definition) is 0. The lowest BCUT2D eigenvalue weighted by Crippen LogP contribution is -2.23. The monoisotopic (exact) mass is 368 g/mol. The van der Waals surface area contributed by atoms with E-state index in [1.165, 1.54) is 23.6 Å². The Morgan fingerprint density at radius 1 is 1.46 bits per heavy atom. The van der Waals surface area contributed by atoms with Crippen LogP contribution in [-0.2, 0) is 9.59 Å². The van der Waals surface area contributed by atoms with E-state index in [0.717, 1.165) is 0 Å². The highest BCUT2D eigenvalue weighted by Crippen LogP contribution is 2.39. The molecule has 0 N–H and O–H groups in total. The van der Waals surface area contributed by atoms with Gasteiger partial charge in [-0.1, -0.05) is 11.6 Å². The maximum atomic E-state index is 12.2. The number of ether oxygens (including phenoxy) is 2. The summed E-state index contributed by atoms with van der Waals surface area (Å²) >= 11 is 7.49. The Morgan fingerprint density at radius 3 is 2.71 bits per heavy atom. The summed E-state index contributed by atoms with van der Waals surface area (Å²) in [5, 5.41) is 0.857. The molecule has 0 aromatic heterocycles. The quantitative estimate of drug-likeness (QED) is 0.464. The molecular weight excluding hydrogens is 352 g/mol. The van der Waals surface area contributed by atoms with Gasteiger partial charge >= 0.3 is 5.97 Å². The maximum absolute atomic E-state index is 12.2. The van der Waals surface area contributed by atoms with Gasteiger partial charge in [0.05, 0.1) is 16.5 Å². The molecule has 0 bridgehead atoms. The number of nitrogens with zero attached hydrogens (tertiary/aromatic N) is 2. The Balaban J connectivity index is 2.43. The molecule has 128 valence electrons. The molecule has 0 unspecified atom stereocenters. The summed E-state index contributed by atoms with van der Waals surface area (Å²) in [6.07, 6.45) is 1.70. The molecule has 8 heteroatoms. The molecule has 0 atom stereocenters. The molecule has 24 heavy (non-hydrogen) atoms. The first-order valence-corrected chi connectivity index (χ1v) is 8.36. The lowest BCUT2D eigenvalue weighted by Gasteiger charge is -2.12. The SMILES string of the molecule is CCOc1cc(/C=C2\SC(=NC)N(C)C2=O)cc(Cl)c1OC(C)=O. The Kier molecular flexibility index (Phi) is 5.90. The van der Waals surface area contributed by atoms with E-state index in [1.807, 2.05) is 6.92 Å². The largest absolute Gasteiger partial charge is 0.490 e. The number of hydrogen-bond acceptors (Lipinski definition) is 6. The van der Waals surface area contributed by atoms with Crippen molar-refractivity contribution in [2.24, 2.45) is 4.99 Å². The first kappa shape index (κ1) is 18.4. The van der Waals surface area contributed by atoms with E-state index in [9.17, 15) is 9.59 Å². The third-order valence-electron chi connectivity index (χ3n) is 3.07. The van der Waals surface area contributed by atoms with Crippen LogP contribution in [0.1, 0.15) is 19.4 Å². The average molecular weight is 369 g/mol. The summed E-state index contributed by atoms with van der Waals surface area (Å²) in [7, 11) is 3.30. The van der Waals surface area contributed by atoms with Crippen LogP contribution in [0.25, 0.3) is 6.08 Å². The molecule has 1 fully saturated rings. The summed E-state index contributed by atoms with van der Waals surface area (Å²) in [4.78, 5) is 29.5. The molecule has 1 aliphatic heterocycles. The van der Waals surface area contributed by atoms with Gasteiger partial charge in [-0.25, -0.2) is 0 Å². The summed E-state index contributed by atoms with van der Waals surface area (Å²) in [6, 6.07) is 3.29. The average Bonchev–Trinajstić information content (AvgIpc) is 2.78. The van der Waals surface area contributed by atoms with Gasteiger partial charge in [-0.05, 0) is 42.5 Å². The number of benzene rings is 1. The van der Waals surface area contributed by atoms with Gasteiger partial charge in [0, 0.05) is 21.0 Å². The van der Waals surface area contributed by atoms with Crippen LogP contribution in [-0.4, -0.2) is 42.6 Å². The molecule has 1 amide bonds. The van der Waals surface area contributed by atoms with Crippen LogP contribution in [0.2, 0.25) is 5.02 Å². The number of rotatable bonds is 4. The van der Waals surface area contributed by atoms with Crippen molar-refractivity contribution >= 4 is 46.5 Å². The van der Waals surface area contributed by atoms with Crippen molar-refractivity contribution in [3.05, 3.63) is 27.6 Å². The fraction of sp³-hybridized carbons (Fsp3) is 0.312. The van der Waals surface area contributed by atoms with Crippen LogP contribution < -0.4 is 9.47 Å². The van der Waals surface area contributed by atoms with Gasteiger partial charge in [0.2, 0.25) is 0 Å². The number of esters is 1. The molecule has 2 rings (SSSR count). The molecule has 1 aliphatic rings. The molecule has 1 saturated heterocycles. The zero-order valence-electron chi connectivity index (χ0n) is 13.8. The second-order valence-corrected chi connectivity index (χ2v) is 6.25. The molecule has 0 spiro atoms. The number of carbonyl (C=O) groups excluding carboxylic acids is 2. The van der Waals surface area contributed by atoms with Crippen molar-refractivity contribution in [3.8, 4) is 11.5 Å². The van der Waals surface area contributed by atoms with E-state index in [-0.39, 0.29) is 16.7 Å². The number of amides is 1. The van der Waals surface area contributed by atoms with Crippen molar-refractivity contribution in [1.29, 1.82) is 0 Å². The molecule has 0 aliphatic carbocycles. The topological polar surface area (TPSA) is 68.2 Å². The van der Waals surface area contributed by atoms with Crippen molar-refractivity contribution in [2.45, 2.75) is 13.8 Å². The minimum Gasteiger partial charge on any atom is -0.490 e. The zero-order chi connectivity index (χ0) is 17.9. The normalized spacial score (nSPS) is 17.7. The number of amidine groups is 1. The summed E-state index contributed by atoms with van der Waals surface area (Å²) in [6.45, 7) is 3.48. The standard InChI is InChI=1S/C16H17ClN2O4S/c1-5-22-12-7-10(6-11(17)14(12)23-9(2)20)8-13-15(21)19(4)16(18-3)24-13/h6-8H,5H2,1-4H3/b13-8-,18-16?. The van der Waals surface area contributed by atoms with Crippen molar-refractivity contribution < 1.29 is 19.1 Å². The Morgan fingerprint density at radius 2 is 2.17 bits per heavy atom. The number of halogens is 1. The number of thioether (sulfide) groups is 1. The highest BCUT2D eigenvalue weighted by molar-refractivity contribution is 8.18. The van der Waals surface area contributed by atoms with Gasteiger partial charge in [0.1, 0.15) is 0 Å². The fourth-order valence-corrected chi connectivity index (χ4v) is 3.26. The van der Waals surface area contributed by atoms with Gasteiger partial charge in [-0.2, -0.15) is 0 Å². The van der Waals surface area contributed by atoms with Gasteiger partial charge in [-0.15, -0.1) is 0 Å². The second kappa shape index (κ2) is 7.72. The summed E-state index contributed by atoms with van der Waals surface area (Å²) in [5.41, 5.74) is 0.668. The fourth-order valence-electron chi connectivity index (χ4n) is 2.08. The van der Waals surface area contributed by atoms with Crippen molar-refractivity contribution in [2.75, 3.05) is 20.7 Å². The van der Waals surface area contributed by atoms with Crippen LogP contribution in [0.3, 0.4) is 0 Å². The highest BCUT2D eigenvalue weighted by atomic mass is 35.5. The number of aliphatic imine (C=N–C) groups is 1. The lowest BCUT2D eigenvalue weighted by molar-refractivity contribution is -0.132. The number of likely N-dealkylation sites (N-methyl/N-ethyl adjacent to an activating group) is 1. The van der Waals surface area contributed by atoms with Crippen LogP contribution in [0, 0.1) is 0 Å². The molecule has 1 aromatic carbocycles. The van der Waals surface area contributed by atoms with E-state index in [0.29, 0.717) is 28.0 Å². The van der Waals surface area contributed by atoms with Crippen molar-refractivity contribution in [3.63, 3.8) is 0 Å². The second-order valence-electron chi connectivity index (χ2n) is 4.84. The molecule has 0 saturated carbocycles. The van der Waals surface area contributed by atoms with E-state index >= 15 is 0 Å². The van der Waals surface area contributed by atoms with Crippen molar-refractivity contribution in [1.82, 2.24) is 4.90 Å². The van der Waals surface area contributed by atoms with Gasteiger partial charge < -0.3 is 9.47 Å². The van der Waals surface area contributed by atoms with E-state index < -0.39 is 5.97 Å². The minimum absolute atomic E-state index is 0.140. The highest BCUT2D eigenvalue weighted by Gasteiger charge is 2.29.